The Morgan fingerprint density at radius 2 is 0.918 bits per heavy atom. The Labute approximate surface area is 297 Å². The van der Waals surface area contributed by atoms with Gasteiger partial charge >= 0.3 is 0 Å². The number of halogens is 1. The van der Waals surface area contributed by atoms with Gasteiger partial charge in [-0.25, -0.2) is 0 Å². The van der Waals surface area contributed by atoms with E-state index in [0.717, 1.165) is 44.6 Å². The number of hydrogen-bond acceptors (Lipinski definition) is 6. The van der Waals surface area contributed by atoms with Crippen molar-refractivity contribution in [3.8, 4) is 11.1 Å². The molecule has 0 amide bonds. The summed E-state index contributed by atoms with van der Waals surface area (Å²) in [4.78, 5) is 26.5. The maximum atomic E-state index is 13.3. The smallest absolute Gasteiger partial charge is 0.186 e. The average molecular weight is 677 g/mol. The summed E-state index contributed by atoms with van der Waals surface area (Å²) in [5.74, 6) is 0.167. The molecule has 0 unspecified atom stereocenters. The van der Waals surface area contributed by atoms with Crippen LogP contribution in [0.2, 0.25) is 5.02 Å². The van der Waals surface area contributed by atoms with Gasteiger partial charge in [0.2, 0.25) is 0 Å². The van der Waals surface area contributed by atoms with E-state index in [0.29, 0.717) is 16.4 Å². The molecule has 2 aromatic carbocycles. The van der Waals surface area contributed by atoms with Crippen LogP contribution in [0.4, 0.5) is 11.4 Å². The molecule has 0 aromatic heterocycles. The van der Waals surface area contributed by atoms with Gasteiger partial charge in [0.25, 0.3) is 0 Å². The van der Waals surface area contributed by atoms with Crippen LogP contribution in [0.1, 0.15) is 83.1 Å². The normalized spacial score (nSPS) is 16.6. The second-order valence-corrected chi connectivity index (χ2v) is 17.2. The molecule has 0 heterocycles. The predicted molar refractivity (Wildman–Crippen MR) is 202 cm³/mol. The summed E-state index contributed by atoms with van der Waals surface area (Å²) < 4.78 is 0. The number of benzene rings is 2. The van der Waals surface area contributed by atoms with Gasteiger partial charge in [0.05, 0.1) is 23.8 Å². The van der Waals surface area contributed by atoms with Gasteiger partial charge in [-0.15, -0.1) is 0 Å². The summed E-state index contributed by atoms with van der Waals surface area (Å²) in [5, 5.41) is 18.3. The summed E-state index contributed by atoms with van der Waals surface area (Å²) in [6.45, 7) is 24.6. The van der Waals surface area contributed by atoms with Crippen LogP contribution in [0, 0.1) is 21.7 Å². The Morgan fingerprint density at radius 1 is 0.531 bits per heavy atom. The first-order valence-corrected chi connectivity index (χ1v) is 17.0. The molecule has 49 heavy (non-hydrogen) atoms. The van der Waals surface area contributed by atoms with E-state index in [1.165, 1.54) is 0 Å². The average Bonchev–Trinajstić information content (AvgIpc) is 2.97. The zero-order chi connectivity index (χ0) is 36.5. The molecule has 7 heteroatoms. The second-order valence-electron chi connectivity index (χ2n) is 16.8. The summed E-state index contributed by atoms with van der Waals surface area (Å²) in [5.41, 5.74) is 6.59. The standard InChI is InChI=1S/C42H49ClN4O2/c1-39(2,3)32-19-26(20-33(37(32)48)40(4,5)6)24-44-46-30-16-13-28(14-17-30)31-18-15-29(43)23-36(31)47-45-25-27-21-34(41(7,8)9)38(49)35(22-27)42(10,11)12/h13-25H,1-12H3. The van der Waals surface area contributed by atoms with Gasteiger partial charge in [-0.1, -0.05) is 113 Å². The van der Waals surface area contributed by atoms with Crippen molar-refractivity contribution in [2.24, 2.45) is 42.1 Å². The van der Waals surface area contributed by atoms with Crippen molar-refractivity contribution in [1.29, 1.82) is 0 Å². The molecule has 0 bridgehead atoms. The summed E-state index contributed by atoms with van der Waals surface area (Å²) in [6.07, 6.45) is 11.0. The molecule has 0 aliphatic heterocycles. The van der Waals surface area contributed by atoms with E-state index in [1.54, 1.807) is 18.5 Å². The Morgan fingerprint density at radius 3 is 1.31 bits per heavy atom. The molecular formula is C42H49ClN4O2. The minimum atomic E-state index is -0.309. The molecule has 2 aromatic rings. The largest absolute Gasteiger partial charge is 0.289 e. The molecule has 2 aliphatic rings. The monoisotopic (exact) mass is 676 g/mol. The first-order valence-electron chi connectivity index (χ1n) is 16.7. The number of carbonyl (C=O) groups excluding carboxylic acids is 2. The predicted octanol–water partition coefficient (Wildman–Crippen LogP) is 13.0. The first kappa shape index (κ1) is 37.5. The maximum absolute atomic E-state index is 13.3. The molecule has 0 atom stereocenters. The van der Waals surface area contributed by atoms with E-state index < -0.39 is 0 Å². The number of azo groups is 2. The van der Waals surface area contributed by atoms with Crippen LogP contribution >= 0.6 is 11.6 Å². The lowest BCUT2D eigenvalue weighted by Crippen LogP contribution is -2.27. The van der Waals surface area contributed by atoms with Gasteiger partial charge in [0.1, 0.15) is 0 Å². The van der Waals surface area contributed by atoms with Crippen molar-refractivity contribution < 1.29 is 9.59 Å². The van der Waals surface area contributed by atoms with Gasteiger partial charge in [0, 0.05) is 32.9 Å². The molecule has 4 rings (SSSR count). The molecular weight excluding hydrogens is 628 g/mol. The molecule has 0 saturated heterocycles. The highest BCUT2D eigenvalue weighted by Crippen LogP contribution is 2.41. The lowest BCUT2D eigenvalue weighted by Gasteiger charge is -2.31. The van der Waals surface area contributed by atoms with E-state index in [9.17, 15) is 9.59 Å². The number of hydrogen-bond donors (Lipinski definition) is 0. The van der Waals surface area contributed by atoms with Crippen LogP contribution < -0.4 is 0 Å². The van der Waals surface area contributed by atoms with Crippen LogP contribution in [0.3, 0.4) is 0 Å². The quantitative estimate of drug-likeness (QED) is 0.295. The zero-order valence-corrected chi connectivity index (χ0v) is 31.7. The summed E-state index contributed by atoms with van der Waals surface area (Å²) in [6, 6.07) is 13.2. The van der Waals surface area contributed by atoms with Gasteiger partial charge in [0.15, 0.2) is 11.6 Å². The maximum Gasteiger partial charge on any atom is 0.186 e. The van der Waals surface area contributed by atoms with Crippen molar-refractivity contribution in [2.45, 2.75) is 83.1 Å². The van der Waals surface area contributed by atoms with Crippen LogP contribution in [-0.4, -0.2) is 11.6 Å². The highest BCUT2D eigenvalue weighted by Gasteiger charge is 2.35. The van der Waals surface area contributed by atoms with Crippen LogP contribution in [0.5, 0.6) is 0 Å². The minimum Gasteiger partial charge on any atom is -0.289 e. The molecule has 6 nitrogen and oxygen atoms in total. The zero-order valence-electron chi connectivity index (χ0n) is 31.0. The molecule has 0 N–H and O–H groups in total. The van der Waals surface area contributed by atoms with Crippen LogP contribution in [0.25, 0.3) is 11.1 Å². The van der Waals surface area contributed by atoms with E-state index in [1.807, 2.05) is 144 Å². The molecule has 0 spiro atoms. The molecule has 2 aliphatic carbocycles. The summed E-state index contributed by atoms with van der Waals surface area (Å²) in [7, 11) is 0. The third-order valence-corrected chi connectivity index (χ3v) is 8.58. The molecule has 0 radical (unpaired) electrons. The van der Waals surface area contributed by atoms with Crippen molar-refractivity contribution in [3.05, 3.63) is 118 Å². The fourth-order valence-electron chi connectivity index (χ4n) is 5.54. The van der Waals surface area contributed by atoms with E-state index in [2.05, 4.69) is 20.5 Å². The Kier molecular flexibility index (Phi) is 10.7. The van der Waals surface area contributed by atoms with E-state index >= 15 is 0 Å². The topological polar surface area (TPSA) is 83.6 Å². The van der Waals surface area contributed by atoms with Crippen molar-refractivity contribution >= 4 is 34.5 Å². The van der Waals surface area contributed by atoms with Gasteiger partial charge in [-0.05, 0) is 86.9 Å². The first-order chi connectivity index (χ1) is 22.6. The second kappa shape index (κ2) is 13.9. The fraction of sp³-hybridized carbons (Fsp3) is 0.381. The van der Waals surface area contributed by atoms with Gasteiger partial charge < -0.3 is 0 Å². The van der Waals surface area contributed by atoms with Crippen molar-refractivity contribution in [1.82, 2.24) is 0 Å². The van der Waals surface area contributed by atoms with Gasteiger partial charge in [-0.3, -0.25) is 9.59 Å². The lowest BCUT2D eigenvalue weighted by atomic mass is 9.72. The van der Waals surface area contributed by atoms with Crippen molar-refractivity contribution in [3.63, 3.8) is 0 Å². The number of Topliss-reactive ketones (excluding diaryl/α,β-unsaturated/α-hetero) is 2. The Balaban J connectivity index is 1.61. The molecule has 0 fully saturated rings. The minimum absolute atomic E-state index is 0.0781. The number of carbonyl (C=O) groups is 2. The number of rotatable bonds is 5. The molecule has 256 valence electrons. The summed E-state index contributed by atoms with van der Waals surface area (Å²) >= 11 is 6.38. The highest BCUT2D eigenvalue weighted by atomic mass is 35.5. The number of ketones is 2. The van der Waals surface area contributed by atoms with Crippen LogP contribution in [-0.2, 0) is 9.59 Å². The number of nitrogens with zero attached hydrogens (tertiary/aromatic N) is 4. The van der Waals surface area contributed by atoms with Gasteiger partial charge in [-0.2, -0.15) is 20.5 Å². The molecule has 0 saturated carbocycles. The Bertz CT molecular complexity index is 1830. The third-order valence-electron chi connectivity index (χ3n) is 8.34. The SMILES string of the molecule is CC(C)(C)C1=CC(=CN=Nc2ccc(-c3ccc(Cl)cc3N=NC=C3C=C(C(C)(C)C)C(=O)C(C(C)(C)C)=C3)cc2)C=C(C(C)(C)C)C1=O. The van der Waals surface area contributed by atoms with E-state index in [4.69, 9.17) is 11.6 Å². The fourth-order valence-corrected chi connectivity index (χ4v) is 5.71. The lowest BCUT2D eigenvalue weighted by molar-refractivity contribution is -0.114. The third kappa shape index (κ3) is 9.24. The van der Waals surface area contributed by atoms with Crippen molar-refractivity contribution in [2.75, 3.05) is 0 Å². The highest BCUT2D eigenvalue weighted by molar-refractivity contribution is 6.31. The number of allylic oxidation sites excluding steroid dienone is 10. The Hall–Kier alpha value is -4.29. The van der Waals surface area contributed by atoms with E-state index in [-0.39, 0.29) is 33.2 Å². The van der Waals surface area contributed by atoms with Crippen LogP contribution in [0.15, 0.2) is 133 Å².